The van der Waals surface area contributed by atoms with Gasteiger partial charge in [0.1, 0.15) is 5.54 Å². The molecule has 0 N–H and O–H groups in total. The molecule has 0 spiro atoms. The molecular formula is C15H21NO4. The second-order valence-electron chi connectivity index (χ2n) is 4.53. The number of hydrogen-bond donors (Lipinski definition) is 0. The molecule has 5 heteroatoms. The van der Waals surface area contributed by atoms with Crippen LogP contribution in [0.3, 0.4) is 0 Å². The summed E-state index contributed by atoms with van der Waals surface area (Å²) in [5, 5.41) is 1.03. The van der Waals surface area contributed by atoms with Crippen molar-refractivity contribution in [3.63, 3.8) is 0 Å². The van der Waals surface area contributed by atoms with Crippen molar-refractivity contribution in [1.29, 1.82) is 0 Å². The maximum absolute atomic E-state index is 11.3. The number of nitrogens with zero attached hydrogens (tertiary/aromatic N) is 1. The number of hydroxylamine groups is 2. The Morgan fingerprint density at radius 2 is 1.45 bits per heavy atom. The molecule has 1 rings (SSSR count). The predicted molar refractivity (Wildman–Crippen MR) is 74.1 cm³/mol. The van der Waals surface area contributed by atoms with Gasteiger partial charge in [-0.1, -0.05) is 44.2 Å². The molecule has 20 heavy (non-hydrogen) atoms. The summed E-state index contributed by atoms with van der Waals surface area (Å²) in [7, 11) is 0. The van der Waals surface area contributed by atoms with Gasteiger partial charge < -0.3 is 9.68 Å². The Morgan fingerprint density at radius 1 is 1.00 bits per heavy atom. The molecule has 0 saturated heterocycles. The van der Waals surface area contributed by atoms with Crippen molar-refractivity contribution in [2.24, 2.45) is 0 Å². The van der Waals surface area contributed by atoms with E-state index in [2.05, 4.69) is 0 Å². The highest BCUT2D eigenvalue weighted by atomic mass is 17.0. The van der Waals surface area contributed by atoms with Crippen LogP contribution in [-0.4, -0.2) is 17.2 Å². The second-order valence-corrected chi connectivity index (χ2v) is 4.53. The fraction of sp³-hybridized carbons (Fsp3) is 0.467. The van der Waals surface area contributed by atoms with Crippen molar-refractivity contribution in [1.82, 2.24) is 5.23 Å². The van der Waals surface area contributed by atoms with Crippen molar-refractivity contribution in [3.8, 4) is 0 Å². The van der Waals surface area contributed by atoms with E-state index in [-0.39, 0.29) is 0 Å². The van der Waals surface area contributed by atoms with Gasteiger partial charge in [-0.05, 0) is 18.4 Å². The molecule has 0 heterocycles. The van der Waals surface area contributed by atoms with Crippen molar-refractivity contribution in [2.75, 3.05) is 0 Å². The minimum atomic E-state index is -0.696. The highest BCUT2D eigenvalue weighted by Gasteiger charge is 2.41. The summed E-state index contributed by atoms with van der Waals surface area (Å²) in [4.78, 5) is 32.8. The van der Waals surface area contributed by atoms with Crippen molar-refractivity contribution < 1.29 is 19.3 Å². The molecule has 0 aliphatic carbocycles. The van der Waals surface area contributed by atoms with Crippen LogP contribution in [0.5, 0.6) is 0 Å². The Bertz CT molecular complexity index is 438. The summed E-state index contributed by atoms with van der Waals surface area (Å²) in [6.07, 6.45) is 1.24. The molecule has 0 atom stereocenters. The van der Waals surface area contributed by atoms with Gasteiger partial charge in [0.15, 0.2) is 0 Å². The fourth-order valence-corrected chi connectivity index (χ4v) is 2.20. The largest absolute Gasteiger partial charge is 0.332 e. The zero-order valence-electron chi connectivity index (χ0n) is 12.4. The third-order valence-electron chi connectivity index (χ3n) is 3.25. The molecule has 0 aliphatic rings. The van der Waals surface area contributed by atoms with E-state index >= 15 is 0 Å². The summed E-state index contributed by atoms with van der Waals surface area (Å²) < 4.78 is 0. The standard InChI is InChI=1S/C15H21NO4/c1-5-15(6-2,14-10-8-7-9-11-14)16(19-12(3)17)20-13(4)18/h7-11H,5-6H2,1-4H3. The monoisotopic (exact) mass is 279 g/mol. The molecule has 110 valence electrons. The van der Waals surface area contributed by atoms with Crippen LogP contribution in [0, 0.1) is 0 Å². The summed E-state index contributed by atoms with van der Waals surface area (Å²) in [5.41, 5.74) is 0.228. The highest BCUT2D eigenvalue weighted by Crippen LogP contribution is 2.36. The summed E-state index contributed by atoms with van der Waals surface area (Å²) >= 11 is 0. The van der Waals surface area contributed by atoms with Gasteiger partial charge in [-0.15, -0.1) is 0 Å². The zero-order chi connectivity index (χ0) is 15.2. The van der Waals surface area contributed by atoms with Crippen LogP contribution < -0.4 is 0 Å². The predicted octanol–water partition coefficient (Wildman–Crippen LogP) is 2.96. The van der Waals surface area contributed by atoms with Gasteiger partial charge >= 0.3 is 11.9 Å². The Morgan fingerprint density at radius 3 is 1.80 bits per heavy atom. The average Bonchev–Trinajstić information content (AvgIpc) is 2.40. The van der Waals surface area contributed by atoms with Crippen LogP contribution in [0.1, 0.15) is 46.1 Å². The van der Waals surface area contributed by atoms with E-state index in [4.69, 9.17) is 9.68 Å². The minimum absolute atomic E-state index is 0.534. The lowest BCUT2D eigenvalue weighted by Gasteiger charge is -2.38. The average molecular weight is 279 g/mol. The van der Waals surface area contributed by atoms with Crippen LogP contribution in [-0.2, 0) is 24.8 Å². The topological polar surface area (TPSA) is 55.8 Å². The van der Waals surface area contributed by atoms with Gasteiger partial charge in [0.05, 0.1) is 0 Å². The lowest BCUT2D eigenvalue weighted by molar-refractivity contribution is -0.374. The van der Waals surface area contributed by atoms with Crippen molar-refractivity contribution in [2.45, 2.75) is 46.1 Å². The van der Waals surface area contributed by atoms with E-state index in [9.17, 15) is 9.59 Å². The van der Waals surface area contributed by atoms with Crippen LogP contribution in [0.2, 0.25) is 0 Å². The van der Waals surface area contributed by atoms with E-state index in [1.54, 1.807) is 0 Å². The third kappa shape index (κ3) is 3.57. The first-order chi connectivity index (χ1) is 9.46. The second kappa shape index (κ2) is 7.05. The smallest absolute Gasteiger partial charge is 0.326 e. The molecule has 0 amide bonds. The number of carbonyl (C=O) groups excluding carboxylic acids is 2. The SMILES string of the molecule is CCC(CC)(c1ccccc1)N(OC(C)=O)OC(C)=O. The van der Waals surface area contributed by atoms with Gasteiger partial charge in [0.25, 0.3) is 0 Å². The van der Waals surface area contributed by atoms with Gasteiger partial charge in [-0.2, -0.15) is 0 Å². The molecule has 0 aromatic heterocycles. The Labute approximate surface area is 119 Å². The maximum Gasteiger partial charge on any atom is 0.326 e. The van der Waals surface area contributed by atoms with Crippen molar-refractivity contribution in [3.05, 3.63) is 35.9 Å². The highest BCUT2D eigenvalue weighted by molar-refractivity contribution is 5.67. The Balaban J connectivity index is 3.24. The van der Waals surface area contributed by atoms with E-state index in [0.29, 0.717) is 12.8 Å². The summed E-state index contributed by atoms with van der Waals surface area (Å²) in [6.45, 7) is 6.46. The number of hydrogen-bond acceptors (Lipinski definition) is 5. The Hall–Kier alpha value is -1.88. The number of rotatable bonds is 6. The lowest BCUT2D eigenvalue weighted by Crippen LogP contribution is -2.47. The number of benzene rings is 1. The minimum Gasteiger partial charge on any atom is -0.332 e. The molecule has 0 saturated carbocycles. The molecule has 1 aromatic carbocycles. The normalized spacial score (nSPS) is 11.2. The molecule has 0 unspecified atom stereocenters. The lowest BCUT2D eigenvalue weighted by atomic mass is 9.85. The first-order valence-corrected chi connectivity index (χ1v) is 6.69. The quantitative estimate of drug-likeness (QED) is 0.749. The maximum atomic E-state index is 11.3. The third-order valence-corrected chi connectivity index (χ3v) is 3.25. The molecular weight excluding hydrogens is 258 g/mol. The van der Waals surface area contributed by atoms with Crippen molar-refractivity contribution >= 4 is 11.9 Å². The van der Waals surface area contributed by atoms with E-state index in [1.807, 2.05) is 44.2 Å². The van der Waals surface area contributed by atoms with Crippen LogP contribution in [0.4, 0.5) is 0 Å². The molecule has 5 nitrogen and oxygen atoms in total. The van der Waals surface area contributed by atoms with E-state index in [1.165, 1.54) is 13.8 Å². The number of carbonyl (C=O) groups is 2. The van der Waals surface area contributed by atoms with Crippen LogP contribution >= 0.6 is 0 Å². The zero-order valence-corrected chi connectivity index (χ0v) is 12.4. The molecule has 0 aliphatic heterocycles. The van der Waals surface area contributed by atoms with E-state index in [0.717, 1.165) is 10.8 Å². The molecule has 1 aromatic rings. The van der Waals surface area contributed by atoms with Gasteiger partial charge in [0.2, 0.25) is 0 Å². The molecule has 0 bridgehead atoms. The molecule has 0 radical (unpaired) electrons. The summed E-state index contributed by atoms with van der Waals surface area (Å²) in [6, 6.07) is 9.55. The van der Waals surface area contributed by atoms with E-state index < -0.39 is 17.5 Å². The first-order valence-electron chi connectivity index (χ1n) is 6.69. The van der Waals surface area contributed by atoms with Crippen LogP contribution in [0.25, 0.3) is 0 Å². The van der Waals surface area contributed by atoms with Gasteiger partial charge in [-0.3, -0.25) is 9.59 Å². The first kappa shape index (κ1) is 16.2. The molecule has 0 fully saturated rings. The van der Waals surface area contributed by atoms with Crippen LogP contribution in [0.15, 0.2) is 30.3 Å². The van der Waals surface area contributed by atoms with Gasteiger partial charge in [-0.25, -0.2) is 0 Å². The fourth-order valence-electron chi connectivity index (χ4n) is 2.20. The Kier molecular flexibility index (Phi) is 5.70. The summed E-state index contributed by atoms with van der Waals surface area (Å²) in [5.74, 6) is -1.07. The van der Waals surface area contributed by atoms with Gasteiger partial charge in [0, 0.05) is 19.1 Å².